The van der Waals surface area contributed by atoms with Crippen molar-refractivity contribution < 1.29 is 18.0 Å². The molecular formula is C34H35BrClN3O4S. The monoisotopic (exact) mass is 695 g/mol. The van der Waals surface area contributed by atoms with Crippen LogP contribution in [0, 0.1) is 6.92 Å². The number of rotatable bonds is 13. The fourth-order valence-electron chi connectivity index (χ4n) is 4.73. The van der Waals surface area contributed by atoms with Crippen LogP contribution in [0.5, 0.6) is 0 Å². The summed E-state index contributed by atoms with van der Waals surface area (Å²) in [5, 5.41) is 3.43. The molecule has 0 saturated carbocycles. The molecule has 230 valence electrons. The molecule has 0 fully saturated rings. The Morgan fingerprint density at radius 2 is 1.55 bits per heavy atom. The summed E-state index contributed by atoms with van der Waals surface area (Å²) in [6, 6.07) is 28.8. The van der Waals surface area contributed by atoms with E-state index in [2.05, 4.69) is 21.2 Å². The van der Waals surface area contributed by atoms with Gasteiger partial charge in [0.1, 0.15) is 12.6 Å². The maximum absolute atomic E-state index is 14.4. The van der Waals surface area contributed by atoms with Crippen LogP contribution >= 0.6 is 27.5 Å². The van der Waals surface area contributed by atoms with Crippen LogP contribution < -0.4 is 9.62 Å². The number of sulfonamides is 1. The van der Waals surface area contributed by atoms with Gasteiger partial charge in [-0.2, -0.15) is 0 Å². The number of hydrogen-bond acceptors (Lipinski definition) is 4. The molecule has 1 N–H and O–H groups in total. The molecule has 1 unspecified atom stereocenters. The van der Waals surface area contributed by atoms with Gasteiger partial charge in [0, 0.05) is 29.0 Å². The highest BCUT2D eigenvalue weighted by atomic mass is 79.9. The van der Waals surface area contributed by atoms with Gasteiger partial charge >= 0.3 is 0 Å². The minimum absolute atomic E-state index is 0.0508. The van der Waals surface area contributed by atoms with Gasteiger partial charge in [-0.15, -0.1) is 0 Å². The molecule has 0 spiro atoms. The van der Waals surface area contributed by atoms with E-state index in [0.717, 1.165) is 26.3 Å². The van der Waals surface area contributed by atoms with Gasteiger partial charge in [0.15, 0.2) is 0 Å². The van der Waals surface area contributed by atoms with E-state index >= 15 is 0 Å². The molecule has 0 aliphatic heterocycles. The summed E-state index contributed by atoms with van der Waals surface area (Å²) in [7, 11) is -4.16. The second kappa shape index (κ2) is 15.4. The largest absolute Gasteiger partial charge is 0.354 e. The fraction of sp³-hybridized carbons (Fsp3) is 0.235. The van der Waals surface area contributed by atoms with Crippen molar-refractivity contribution in [3.05, 3.63) is 129 Å². The summed E-state index contributed by atoms with van der Waals surface area (Å²) in [5.41, 5.74) is 2.80. The third-order valence-corrected chi connectivity index (χ3v) is 9.62. The van der Waals surface area contributed by atoms with Crippen LogP contribution in [-0.2, 0) is 32.6 Å². The molecule has 0 saturated heterocycles. The number of aryl methyl sites for hydroxylation is 1. The van der Waals surface area contributed by atoms with Crippen molar-refractivity contribution in [2.75, 3.05) is 17.4 Å². The van der Waals surface area contributed by atoms with Crippen molar-refractivity contribution in [2.45, 2.75) is 44.2 Å². The number of nitrogens with one attached hydrogen (secondary N) is 1. The van der Waals surface area contributed by atoms with Crippen molar-refractivity contribution >= 4 is 55.1 Å². The Morgan fingerprint density at radius 3 is 2.18 bits per heavy atom. The lowest BCUT2D eigenvalue weighted by Gasteiger charge is -2.34. The number of amides is 2. The molecule has 10 heteroatoms. The van der Waals surface area contributed by atoms with Crippen LogP contribution in [0.4, 0.5) is 5.69 Å². The minimum Gasteiger partial charge on any atom is -0.354 e. The highest BCUT2D eigenvalue weighted by molar-refractivity contribution is 9.10. The van der Waals surface area contributed by atoms with Crippen molar-refractivity contribution in [2.24, 2.45) is 0 Å². The molecule has 0 aliphatic carbocycles. The topological polar surface area (TPSA) is 86.8 Å². The molecule has 1 atom stereocenters. The molecule has 2 amide bonds. The third kappa shape index (κ3) is 8.71. The normalized spacial score (nSPS) is 11.9. The van der Waals surface area contributed by atoms with Crippen LogP contribution in [0.1, 0.15) is 30.0 Å². The summed E-state index contributed by atoms with van der Waals surface area (Å²) in [4.78, 5) is 29.6. The van der Waals surface area contributed by atoms with E-state index in [1.807, 2.05) is 50.2 Å². The van der Waals surface area contributed by atoms with Crippen molar-refractivity contribution in [1.82, 2.24) is 10.2 Å². The summed E-state index contributed by atoms with van der Waals surface area (Å²) in [6.45, 7) is 3.79. The van der Waals surface area contributed by atoms with Gasteiger partial charge < -0.3 is 10.2 Å². The average molecular weight is 697 g/mol. The Morgan fingerprint density at radius 1 is 0.886 bits per heavy atom. The van der Waals surface area contributed by atoms with E-state index in [9.17, 15) is 18.0 Å². The van der Waals surface area contributed by atoms with Gasteiger partial charge in [-0.3, -0.25) is 13.9 Å². The number of nitrogens with zero attached hydrogens (tertiary/aromatic N) is 2. The van der Waals surface area contributed by atoms with E-state index in [-0.39, 0.29) is 23.8 Å². The van der Waals surface area contributed by atoms with Crippen molar-refractivity contribution in [3.8, 4) is 0 Å². The van der Waals surface area contributed by atoms with Crippen LogP contribution in [0.15, 0.2) is 112 Å². The number of anilines is 1. The second-order valence-corrected chi connectivity index (χ2v) is 13.7. The van der Waals surface area contributed by atoms with E-state index in [4.69, 9.17) is 11.6 Å². The van der Waals surface area contributed by atoms with E-state index in [1.54, 1.807) is 54.6 Å². The van der Waals surface area contributed by atoms with Crippen molar-refractivity contribution in [1.29, 1.82) is 0 Å². The molecule has 7 nitrogen and oxygen atoms in total. The molecule has 44 heavy (non-hydrogen) atoms. The van der Waals surface area contributed by atoms with Gasteiger partial charge in [-0.1, -0.05) is 94.6 Å². The predicted molar refractivity (Wildman–Crippen MR) is 179 cm³/mol. The van der Waals surface area contributed by atoms with Crippen LogP contribution in [0.2, 0.25) is 5.02 Å². The molecule has 0 heterocycles. The molecule has 0 aliphatic rings. The van der Waals surface area contributed by atoms with E-state index < -0.39 is 28.5 Å². The third-order valence-electron chi connectivity index (χ3n) is 7.06. The molecular weight excluding hydrogens is 662 g/mol. The maximum atomic E-state index is 14.4. The van der Waals surface area contributed by atoms with Gasteiger partial charge in [0.25, 0.3) is 10.0 Å². The lowest BCUT2D eigenvalue weighted by Crippen LogP contribution is -2.53. The quantitative estimate of drug-likeness (QED) is 0.167. The Bertz CT molecular complexity index is 1670. The summed E-state index contributed by atoms with van der Waals surface area (Å²) in [5.74, 6) is -0.848. The lowest BCUT2D eigenvalue weighted by molar-refractivity contribution is -0.140. The number of carbonyl (C=O) groups is 2. The molecule has 4 rings (SSSR count). The zero-order valence-corrected chi connectivity index (χ0v) is 27.8. The highest BCUT2D eigenvalue weighted by Gasteiger charge is 2.34. The number of benzene rings is 4. The Hall–Kier alpha value is -3.66. The van der Waals surface area contributed by atoms with Gasteiger partial charge in [0.2, 0.25) is 11.8 Å². The van der Waals surface area contributed by atoms with Crippen molar-refractivity contribution in [3.63, 3.8) is 0 Å². The number of halogens is 2. The van der Waals surface area contributed by atoms with Gasteiger partial charge in [0.05, 0.1) is 10.6 Å². The summed E-state index contributed by atoms with van der Waals surface area (Å²) < 4.78 is 30.0. The first-order valence-electron chi connectivity index (χ1n) is 14.3. The van der Waals surface area contributed by atoms with Crippen LogP contribution in [0.3, 0.4) is 0 Å². The van der Waals surface area contributed by atoms with Gasteiger partial charge in [-0.05, 0) is 73.0 Å². The van der Waals surface area contributed by atoms with Gasteiger partial charge in [-0.25, -0.2) is 8.42 Å². The Balaban J connectivity index is 1.79. The standard InChI is InChI=1S/C34H35BrClN3O4S/c1-3-20-37-34(41)32(22-26-8-5-4-6-9-26)38(23-27-10-7-11-29(36)21-27)33(40)24-39(30-16-14-28(35)15-17-30)44(42,43)31-18-12-25(2)13-19-31/h4-19,21,32H,3,20,22-24H2,1-2H3,(H,37,41). The summed E-state index contributed by atoms with van der Waals surface area (Å²) in [6.07, 6.45) is 0.962. The predicted octanol–water partition coefficient (Wildman–Crippen LogP) is 6.77. The SMILES string of the molecule is CCCNC(=O)C(Cc1ccccc1)N(Cc1cccc(Cl)c1)C(=O)CN(c1ccc(Br)cc1)S(=O)(=O)c1ccc(C)cc1. The highest BCUT2D eigenvalue weighted by Crippen LogP contribution is 2.27. The fourth-order valence-corrected chi connectivity index (χ4v) is 6.62. The molecule has 0 radical (unpaired) electrons. The Kier molecular flexibility index (Phi) is 11.6. The lowest BCUT2D eigenvalue weighted by atomic mass is 10.0. The zero-order chi connectivity index (χ0) is 31.7. The van der Waals surface area contributed by atoms with E-state index in [1.165, 1.54) is 17.0 Å². The maximum Gasteiger partial charge on any atom is 0.264 e. The molecule has 0 aromatic heterocycles. The second-order valence-electron chi connectivity index (χ2n) is 10.4. The first-order valence-corrected chi connectivity index (χ1v) is 16.9. The zero-order valence-electron chi connectivity index (χ0n) is 24.6. The molecule has 4 aromatic rings. The average Bonchev–Trinajstić information content (AvgIpc) is 3.01. The number of hydrogen-bond donors (Lipinski definition) is 1. The Labute approximate surface area is 273 Å². The summed E-state index contributed by atoms with van der Waals surface area (Å²) >= 11 is 9.69. The molecule has 4 aromatic carbocycles. The minimum atomic E-state index is -4.16. The van der Waals surface area contributed by atoms with Crippen LogP contribution in [0.25, 0.3) is 0 Å². The molecule has 0 bridgehead atoms. The van der Waals surface area contributed by atoms with E-state index in [0.29, 0.717) is 22.8 Å². The van der Waals surface area contributed by atoms with Crippen LogP contribution in [-0.4, -0.2) is 44.3 Å². The smallest absolute Gasteiger partial charge is 0.264 e. The first kappa shape index (κ1) is 33.2. The number of carbonyl (C=O) groups excluding carboxylic acids is 2. The first-order chi connectivity index (χ1) is 21.1.